The van der Waals surface area contributed by atoms with Crippen molar-refractivity contribution in [2.75, 3.05) is 0 Å². The lowest BCUT2D eigenvalue weighted by Crippen LogP contribution is -2.55. The fourth-order valence-electron chi connectivity index (χ4n) is 9.97. The molecule has 0 atom stereocenters. The molecule has 10 rings (SSSR count). The van der Waals surface area contributed by atoms with Crippen LogP contribution in [-0.4, -0.2) is 4.98 Å². The van der Waals surface area contributed by atoms with Crippen LogP contribution in [0.2, 0.25) is 0 Å². The number of aromatic nitrogens is 1. The molecule has 4 saturated carbocycles. The van der Waals surface area contributed by atoms with Gasteiger partial charge in [0, 0.05) is 33.2 Å². The van der Waals surface area contributed by atoms with Gasteiger partial charge in [0.05, 0.1) is 0 Å². The molecule has 5 aliphatic rings. The molecule has 2 nitrogen and oxygen atoms in total. The SMILES string of the molecule is Cc1cc2c(cn1)C1(c3cc(-c4cccc(P(=O)(c5ccccc5)c5ccccc5)c4)ccc3-2)C2CC3CC(C2)CC1C3. The molecule has 4 bridgehead atoms. The summed E-state index contributed by atoms with van der Waals surface area (Å²) in [6.07, 6.45) is 9.12. The fraction of sp³-hybridized carbons (Fsp3) is 0.275. The molecule has 1 aromatic heterocycles. The molecule has 0 saturated heterocycles. The highest BCUT2D eigenvalue weighted by molar-refractivity contribution is 7.85. The summed E-state index contributed by atoms with van der Waals surface area (Å²) < 4.78 is 15.2. The quantitative estimate of drug-likeness (QED) is 0.201. The standard InChI is InChI=1S/C40H36NOP/c1-26-17-37-36-16-15-30(24-38(36)40(39(37)25-41-26)31-19-27-18-28(21-31)22-32(40)20-27)29-9-8-14-35(23-29)43(42,33-10-4-2-5-11-33)34-12-6-3-7-13-34/h2-17,23-25,27-28,31-32H,18-22H2,1H3. The predicted octanol–water partition coefficient (Wildman–Crippen LogP) is 8.42. The van der Waals surface area contributed by atoms with E-state index in [1.807, 2.05) is 60.7 Å². The first-order valence-corrected chi connectivity index (χ1v) is 17.7. The van der Waals surface area contributed by atoms with Crippen molar-refractivity contribution in [2.24, 2.45) is 23.7 Å². The summed E-state index contributed by atoms with van der Waals surface area (Å²) in [5.41, 5.74) is 9.37. The van der Waals surface area contributed by atoms with Gasteiger partial charge in [0.2, 0.25) is 0 Å². The molecule has 1 spiro atoms. The van der Waals surface area contributed by atoms with Crippen LogP contribution in [0.5, 0.6) is 0 Å². The first-order chi connectivity index (χ1) is 21.0. The van der Waals surface area contributed by atoms with Gasteiger partial charge in [-0.3, -0.25) is 4.98 Å². The van der Waals surface area contributed by atoms with Gasteiger partial charge in [-0.05, 0) is 114 Å². The maximum atomic E-state index is 15.2. The molecule has 4 aromatic carbocycles. The van der Waals surface area contributed by atoms with Crippen molar-refractivity contribution < 1.29 is 4.57 Å². The molecule has 4 fully saturated rings. The van der Waals surface area contributed by atoms with Gasteiger partial charge in [-0.2, -0.15) is 0 Å². The molecule has 0 unspecified atom stereocenters. The van der Waals surface area contributed by atoms with Crippen LogP contribution in [0.3, 0.4) is 0 Å². The molecule has 5 aliphatic carbocycles. The van der Waals surface area contributed by atoms with Crippen LogP contribution < -0.4 is 15.9 Å². The number of pyridine rings is 1. The smallest absolute Gasteiger partial charge is 0.171 e. The molecular weight excluding hydrogens is 541 g/mol. The highest BCUT2D eigenvalue weighted by Gasteiger charge is 2.61. The second-order valence-electron chi connectivity index (χ2n) is 13.6. The average molecular weight is 578 g/mol. The van der Waals surface area contributed by atoms with E-state index in [-0.39, 0.29) is 5.41 Å². The zero-order valence-corrected chi connectivity index (χ0v) is 25.5. The van der Waals surface area contributed by atoms with Gasteiger partial charge in [-0.15, -0.1) is 0 Å². The lowest BCUT2D eigenvalue weighted by Gasteiger charge is -2.61. The Morgan fingerprint density at radius 1 is 0.605 bits per heavy atom. The highest BCUT2D eigenvalue weighted by atomic mass is 31.2. The van der Waals surface area contributed by atoms with Crippen LogP contribution in [0.4, 0.5) is 0 Å². The van der Waals surface area contributed by atoms with Crippen LogP contribution in [0.15, 0.2) is 115 Å². The monoisotopic (exact) mass is 577 g/mol. The van der Waals surface area contributed by atoms with Gasteiger partial charge in [-0.25, -0.2) is 0 Å². The summed E-state index contributed by atoms with van der Waals surface area (Å²) >= 11 is 0. The van der Waals surface area contributed by atoms with E-state index in [0.717, 1.165) is 39.0 Å². The van der Waals surface area contributed by atoms with Crippen molar-refractivity contribution in [1.82, 2.24) is 4.98 Å². The highest BCUT2D eigenvalue weighted by Crippen LogP contribution is 2.69. The molecular formula is C40H36NOP. The third-order valence-electron chi connectivity index (χ3n) is 11.5. The molecule has 0 amide bonds. The number of hydrogen-bond acceptors (Lipinski definition) is 2. The maximum Gasteiger partial charge on any atom is 0.171 e. The molecule has 1 heterocycles. The predicted molar refractivity (Wildman–Crippen MR) is 177 cm³/mol. The Kier molecular flexibility index (Phi) is 5.61. The average Bonchev–Trinajstić information content (AvgIpc) is 3.33. The topological polar surface area (TPSA) is 30.0 Å². The van der Waals surface area contributed by atoms with E-state index in [9.17, 15) is 0 Å². The number of fused-ring (bicyclic) bond motifs is 3. The lowest BCUT2D eigenvalue weighted by atomic mass is 9.43. The fourth-order valence-corrected chi connectivity index (χ4v) is 12.7. The summed E-state index contributed by atoms with van der Waals surface area (Å²) in [5.74, 6) is 3.21. The zero-order chi connectivity index (χ0) is 28.8. The van der Waals surface area contributed by atoms with Crippen LogP contribution in [0, 0.1) is 30.6 Å². The minimum Gasteiger partial charge on any atom is -0.309 e. The Labute approximate surface area is 254 Å². The zero-order valence-electron chi connectivity index (χ0n) is 24.6. The molecule has 0 N–H and O–H groups in total. The van der Waals surface area contributed by atoms with Crippen molar-refractivity contribution >= 4 is 23.1 Å². The minimum absolute atomic E-state index is 0.0791. The van der Waals surface area contributed by atoms with Gasteiger partial charge in [0.25, 0.3) is 0 Å². The van der Waals surface area contributed by atoms with E-state index >= 15 is 4.57 Å². The van der Waals surface area contributed by atoms with Gasteiger partial charge >= 0.3 is 0 Å². The van der Waals surface area contributed by atoms with Crippen molar-refractivity contribution in [2.45, 2.75) is 44.4 Å². The van der Waals surface area contributed by atoms with Crippen LogP contribution >= 0.6 is 7.14 Å². The van der Waals surface area contributed by atoms with Gasteiger partial charge in [-0.1, -0.05) is 91.0 Å². The maximum absolute atomic E-state index is 15.2. The van der Waals surface area contributed by atoms with E-state index in [1.54, 1.807) is 0 Å². The van der Waals surface area contributed by atoms with E-state index in [0.29, 0.717) is 11.8 Å². The molecule has 212 valence electrons. The largest absolute Gasteiger partial charge is 0.309 e. The number of nitrogens with zero attached hydrogens (tertiary/aromatic N) is 1. The van der Waals surface area contributed by atoms with Crippen LogP contribution in [0.1, 0.15) is 48.9 Å². The number of benzene rings is 4. The minimum atomic E-state index is -3.05. The first kappa shape index (κ1) is 25.7. The molecule has 0 radical (unpaired) electrons. The number of aryl methyl sites for hydroxylation is 1. The Balaban J connectivity index is 1.22. The molecule has 0 aliphatic heterocycles. The second-order valence-corrected chi connectivity index (χ2v) is 16.4. The second kappa shape index (κ2) is 9.38. The molecule has 3 heteroatoms. The van der Waals surface area contributed by atoms with Crippen molar-refractivity contribution in [1.29, 1.82) is 0 Å². The molecule has 5 aromatic rings. The normalized spacial score (nSPS) is 26.4. The lowest BCUT2D eigenvalue weighted by molar-refractivity contribution is -0.0400. The van der Waals surface area contributed by atoms with E-state index in [1.165, 1.54) is 59.9 Å². The number of rotatable bonds is 4. The summed E-state index contributed by atoms with van der Waals surface area (Å²) in [5, 5.41) is 2.63. The molecule has 43 heavy (non-hydrogen) atoms. The Morgan fingerprint density at radius 3 is 1.86 bits per heavy atom. The third kappa shape index (κ3) is 3.60. The van der Waals surface area contributed by atoms with E-state index < -0.39 is 7.14 Å². The van der Waals surface area contributed by atoms with E-state index in [4.69, 9.17) is 4.98 Å². The third-order valence-corrected chi connectivity index (χ3v) is 14.5. The first-order valence-electron chi connectivity index (χ1n) is 16.0. The van der Waals surface area contributed by atoms with Crippen molar-refractivity contribution in [3.05, 3.63) is 132 Å². The van der Waals surface area contributed by atoms with E-state index in [2.05, 4.69) is 61.7 Å². The summed E-state index contributed by atoms with van der Waals surface area (Å²) in [6.45, 7) is 2.12. The number of hydrogen-bond donors (Lipinski definition) is 0. The van der Waals surface area contributed by atoms with Crippen LogP contribution in [-0.2, 0) is 9.98 Å². The Bertz CT molecular complexity index is 1860. The summed E-state index contributed by atoms with van der Waals surface area (Å²) in [4.78, 5) is 4.89. The van der Waals surface area contributed by atoms with Gasteiger partial charge in [0.1, 0.15) is 0 Å². The van der Waals surface area contributed by atoms with Gasteiger partial charge in [0.15, 0.2) is 7.14 Å². The van der Waals surface area contributed by atoms with Crippen molar-refractivity contribution in [3.63, 3.8) is 0 Å². The summed E-state index contributed by atoms with van der Waals surface area (Å²) in [7, 11) is -3.05. The Hall–Kier alpha value is -3.74. The van der Waals surface area contributed by atoms with Gasteiger partial charge < -0.3 is 4.57 Å². The summed E-state index contributed by atoms with van der Waals surface area (Å²) in [6, 6.07) is 38.1. The Morgan fingerprint density at radius 2 is 1.21 bits per heavy atom. The van der Waals surface area contributed by atoms with Crippen molar-refractivity contribution in [3.8, 4) is 22.3 Å². The van der Waals surface area contributed by atoms with Crippen LogP contribution in [0.25, 0.3) is 22.3 Å².